The van der Waals surface area contributed by atoms with E-state index < -0.39 is 13.7 Å². The van der Waals surface area contributed by atoms with Gasteiger partial charge in [0, 0.05) is 5.02 Å². The lowest BCUT2D eigenvalue weighted by molar-refractivity contribution is -0.0497. The van der Waals surface area contributed by atoms with Crippen molar-refractivity contribution in [2.45, 2.75) is 6.61 Å². The first kappa shape index (κ1) is 11.2. The molecule has 0 atom stereocenters. The first-order valence-corrected chi connectivity index (χ1v) is 3.98. The van der Waals surface area contributed by atoms with Gasteiger partial charge >= 0.3 is 13.7 Å². The van der Waals surface area contributed by atoms with Gasteiger partial charge in [-0.1, -0.05) is 11.6 Å². The van der Waals surface area contributed by atoms with Gasteiger partial charge in [0.1, 0.15) is 5.75 Å². The van der Waals surface area contributed by atoms with Crippen LogP contribution in [-0.4, -0.2) is 23.8 Å². The molecule has 0 radical (unpaired) electrons. The number of ether oxygens (including phenoxy) is 1. The monoisotopic (exact) mass is 222 g/mol. The van der Waals surface area contributed by atoms with Gasteiger partial charge in [-0.25, -0.2) is 0 Å². The summed E-state index contributed by atoms with van der Waals surface area (Å²) in [4.78, 5) is 0. The molecule has 0 aliphatic rings. The van der Waals surface area contributed by atoms with E-state index in [1.54, 1.807) is 0 Å². The van der Waals surface area contributed by atoms with Crippen LogP contribution in [0.5, 0.6) is 5.75 Å². The quantitative estimate of drug-likeness (QED) is 0.737. The van der Waals surface area contributed by atoms with Crippen LogP contribution in [0, 0.1) is 0 Å². The Morgan fingerprint density at radius 3 is 2.43 bits per heavy atom. The van der Waals surface area contributed by atoms with Gasteiger partial charge in [-0.2, -0.15) is 8.78 Å². The minimum Gasteiger partial charge on any atom is -0.435 e. The van der Waals surface area contributed by atoms with Crippen molar-refractivity contribution in [2.24, 2.45) is 0 Å². The Hall–Kier alpha value is -0.845. The lowest BCUT2D eigenvalue weighted by Gasteiger charge is -2.07. The molecule has 1 aromatic carbocycles. The minimum absolute atomic E-state index is 0.00634. The summed E-state index contributed by atoms with van der Waals surface area (Å²) in [6, 6.07) is 3.47. The predicted molar refractivity (Wildman–Crippen MR) is 47.9 cm³/mol. The second kappa shape index (κ2) is 4.59. The van der Waals surface area contributed by atoms with Crippen molar-refractivity contribution in [2.75, 3.05) is 0 Å². The average Bonchev–Trinajstić information content (AvgIpc) is 2.01. The van der Waals surface area contributed by atoms with E-state index >= 15 is 0 Å². The van der Waals surface area contributed by atoms with Crippen molar-refractivity contribution < 1.29 is 23.6 Å². The first-order valence-electron chi connectivity index (χ1n) is 3.60. The number of hydrogen-bond donors (Lipinski definition) is 2. The fraction of sp³-hybridized carbons (Fsp3) is 0.143. The molecule has 0 saturated heterocycles. The zero-order valence-corrected chi connectivity index (χ0v) is 7.58. The number of hydrogen-bond acceptors (Lipinski definition) is 3. The lowest BCUT2D eigenvalue weighted by atomic mass is 9.80. The highest BCUT2D eigenvalue weighted by molar-refractivity contribution is 6.59. The Morgan fingerprint density at radius 1 is 1.29 bits per heavy atom. The van der Waals surface area contributed by atoms with Gasteiger partial charge in [0.15, 0.2) is 0 Å². The minimum atomic E-state index is -2.97. The highest BCUT2D eigenvalue weighted by atomic mass is 35.5. The molecule has 3 nitrogen and oxygen atoms in total. The van der Waals surface area contributed by atoms with Gasteiger partial charge in [0.05, 0.1) is 0 Å². The molecule has 2 N–H and O–H groups in total. The Labute approximate surface area is 84.0 Å². The van der Waals surface area contributed by atoms with E-state index in [9.17, 15) is 8.78 Å². The number of rotatable bonds is 3. The highest BCUT2D eigenvalue weighted by Crippen LogP contribution is 2.18. The molecule has 0 fully saturated rings. The Kier molecular flexibility index (Phi) is 3.68. The normalized spacial score (nSPS) is 10.4. The third-order valence-electron chi connectivity index (χ3n) is 1.42. The van der Waals surface area contributed by atoms with E-state index in [2.05, 4.69) is 4.74 Å². The van der Waals surface area contributed by atoms with E-state index in [-0.39, 0.29) is 16.2 Å². The second-order valence-corrected chi connectivity index (χ2v) is 2.91. The van der Waals surface area contributed by atoms with Gasteiger partial charge in [-0.05, 0) is 23.7 Å². The van der Waals surface area contributed by atoms with Crippen molar-refractivity contribution in [1.82, 2.24) is 0 Å². The van der Waals surface area contributed by atoms with E-state index in [0.717, 1.165) is 12.1 Å². The van der Waals surface area contributed by atoms with Crippen LogP contribution in [0.15, 0.2) is 18.2 Å². The summed E-state index contributed by atoms with van der Waals surface area (Å²) in [7, 11) is -1.77. The number of benzene rings is 1. The standard InChI is InChI=1S/C7H6BClF2O3/c9-5-1-4(8(12)13)2-6(3-5)14-7(10)11/h1-3,7,12-13H. The molecular formula is C7H6BClF2O3. The van der Waals surface area contributed by atoms with Crippen molar-refractivity contribution in [3.05, 3.63) is 23.2 Å². The maximum Gasteiger partial charge on any atom is 0.488 e. The SMILES string of the molecule is OB(O)c1cc(Cl)cc(OC(F)F)c1. The summed E-state index contributed by atoms with van der Waals surface area (Å²) in [5.74, 6) is -0.212. The first-order chi connectivity index (χ1) is 6.49. The van der Waals surface area contributed by atoms with Crippen LogP contribution in [0.2, 0.25) is 5.02 Å². The van der Waals surface area contributed by atoms with Gasteiger partial charge in [0.25, 0.3) is 0 Å². The average molecular weight is 222 g/mol. The maximum absolute atomic E-state index is 11.8. The zero-order valence-electron chi connectivity index (χ0n) is 6.82. The predicted octanol–water partition coefficient (Wildman–Crippen LogP) is 0.621. The fourth-order valence-electron chi connectivity index (χ4n) is 0.904. The second-order valence-electron chi connectivity index (χ2n) is 2.47. The molecule has 0 unspecified atom stereocenters. The topological polar surface area (TPSA) is 49.7 Å². The molecule has 14 heavy (non-hydrogen) atoms. The molecule has 1 aromatic rings. The van der Waals surface area contributed by atoms with Crippen LogP contribution in [-0.2, 0) is 0 Å². The van der Waals surface area contributed by atoms with Crippen molar-refractivity contribution in [1.29, 1.82) is 0 Å². The van der Waals surface area contributed by atoms with E-state index in [1.807, 2.05) is 0 Å². The van der Waals surface area contributed by atoms with Gasteiger partial charge < -0.3 is 14.8 Å². The zero-order chi connectivity index (χ0) is 10.7. The van der Waals surface area contributed by atoms with Gasteiger partial charge in [-0.3, -0.25) is 0 Å². The van der Waals surface area contributed by atoms with Crippen LogP contribution in [0.4, 0.5) is 8.78 Å². The lowest BCUT2D eigenvalue weighted by Crippen LogP contribution is -2.29. The Bertz CT molecular complexity index is 322. The van der Waals surface area contributed by atoms with Gasteiger partial charge in [0.2, 0.25) is 0 Å². The van der Waals surface area contributed by atoms with Crippen LogP contribution in [0.25, 0.3) is 0 Å². The third-order valence-corrected chi connectivity index (χ3v) is 1.64. The van der Waals surface area contributed by atoms with Crippen LogP contribution in [0.1, 0.15) is 0 Å². The summed E-state index contributed by atoms with van der Waals surface area (Å²) in [5, 5.41) is 17.6. The summed E-state index contributed by atoms with van der Waals surface area (Å²) >= 11 is 5.53. The third kappa shape index (κ3) is 3.14. The molecular weight excluding hydrogens is 216 g/mol. The molecule has 1 rings (SSSR count). The van der Waals surface area contributed by atoms with Crippen molar-refractivity contribution in [3.8, 4) is 5.75 Å². The summed E-state index contributed by atoms with van der Waals surface area (Å²) in [6.07, 6.45) is 0. The Balaban J connectivity index is 2.95. The summed E-state index contributed by atoms with van der Waals surface area (Å²) < 4.78 is 27.6. The Morgan fingerprint density at radius 2 is 1.93 bits per heavy atom. The van der Waals surface area contributed by atoms with Crippen molar-refractivity contribution >= 4 is 24.2 Å². The molecule has 0 heterocycles. The van der Waals surface area contributed by atoms with E-state index in [4.69, 9.17) is 21.6 Å². The van der Waals surface area contributed by atoms with Crippen LogP contribution < -0.4 is 10.2 Å². The largest absolute Gasteiger partial charge is 0.488 e. The van der Waals surface area contributed by atoms with E-state index in [1.165, 1.54) is 6.07 Å². The van der Waals surface area contributed by atoms with Crippen LogP contribution in [0.3, 0.4) is 0 Å². The smallest absolute Gasteiger partial charge is 0.435 e. The highest BCUT2D eigenvalue weighted by Gasteiger charge is 2.14. The molecule has 76 valence electrons. The number of halogens is 3. The molecule has 0 aliphatic carbocycles. The van der Waals surface area contributed by atoms with Gasteiger partial charge in [-0.15, -0.1) is 0 Å². The van der Waals surface area contributed by atoms with E-state index in [0.29, 0.717) is 0 Å². The summed E-state index contributed by atoms with van der Waals surface area (Å²) in [5.41, 5.74) is -0.00634. The molecule has 0 bridgehead atoms. The molecule has 7 heteroatoms. The summed E-state index contributed by atoms with van der Waals surface area (Å²) in [6.45, 7) is -2.97. The molecule has 0 amide bonds. The maximum atomic E-state index is 11.8. The molecule has 0 spiro atoms. The van der Waals surface area contributed by atoms with Crippen LogP contribution >= 0.6 is 11.6 Å². The molecule has 0 aliphatic heterocycles. The molecule has 0 aromatic heterocycles. The molecule has 0 saturated carbocycles. The van der Waals surface area contributed by atoms with Crippen molar-refractivity contribution in [3.63, 3.8) is 0 Å². The number of alkyl halides is 2. The fourth-order valence-corrected chi connectivity index (χ4v) is 1.14.